The van der Waals surface area contributed by atoms with E-state index in [0.717, 1.165) is 15.8 Å². The smallest absolute Gasteiger partial charge is 0.226 e. The van der Waals surface area contributed by atoms with Crippen molar-refractivity contribution in [1.82, 2.24) is 0 Å². The fraction of sp³-hybridized carbons (Fsp3) is 0.188. The quantitative estimate of drug-likeness (QED) is 0.861. The lowest BCUT2D eigenvalue weighted by atomic mass is 10.2. The van der Waals surface area contributed by atoms with Crippen LogP contribution in [0.15, 0.2) is 53.0 Å². The molecule has 0 saturated heterocycles. The summed E-state index contributed by atoms with van der Waals surface area (Å²) in [6.45, 7) is 2.65. The number of halogens is 1. The lowest BCUT2D eigenvalue weighted by Gasteiger charge is -2.08. The van der Waals surface area contributed by atoms with Crippen LogP contribution in [0.3, 0.4) is 0 Å². The second kappa shape index (κ2) is 7.10. The molecule has 2 aromatic carbocycles. The van der Waals surface area contributed by atoms with Crippen LogP contribution in [0.1, 0.15) is 12.0 Å². The van der Waals surface area contributed by atoms with Crippen molar-refractivity contribution in [3.8, 4) is 0 Å². The van der Waals surface area contributed by atoms with E-state index < -0.39 is 0 Å². The maximum absolute atomic E-state index is 11.8. The molecule has 0 atom stereocenters. The molecular formula is C16H17BrN2O. The Bertz CT molecular complexity index is 584. The molecular weight excluding hydrogens is 316 g/mol. The molecule has 2 aromatic rings. The summed E-state index contributed by atoms with van der Waals surface area (Å²) in [6.07, 6.45) is 0.435. The molecule has 0 aliphatic rings. The summed E-state index contributed by atoms with van der Waals surface area (Å²) in [7, 11) is 0. The van der Waals surface area contributed by atoms with E-state index in [-0.39, 0.29) is 5.91 Å². The van der Waals surface area contributed by atoms with Gasteiger partial charge < -0.3 is 10.6 Å². The monoisotopic (exact) mass is 332 g/mol. The van der Waals surface area contributed by atoms with Gasteiger partial charge in [-0.25, -0.2) is 0 Å². The summed E-state index contributed by atoms with van der Waals surface area (Å²) in [5.41, 5.74) is 3.03. The molecule has 0 radical (unpaired) electrons. The third-order valence-electron chi connectivity index (χ3n) is 2.90. The third kappa shape index (κ3) is 4.38. The number of para-hydroxylation sites is 1. The molecule has 0 saturated carbocycles. The minimum Gasteiger partial charge on any atom is -0.385 e. The van der Waals surface area contributed by atoms with E-state index in [9.17, 15) is 4.79 Å². The highest BCUT2D eigenvalue weighted by Gasteiger charge is 2.02. The molecule has 4 heteroatoms. The molecule has 0 aliphatic heterocycles. The van der Waals surface area contributed by atoms with E-state index in [4.69, 9.17) is 0 Å². The first-order valence-corrected chi connectivity index (χ1v) is 7.29. The Morgan fingerprint density at radius 2 is 1.85 bits per heavy atom. The Labute approximate surface area is 127 Å². The van der Waals surface area contributed by atoms with Gasteiger partial charge in [0.2, 0.25) is 5.91 Å². The number of carbonyl (C=O) groups is 1. The highest BCUT2D eigenvalue weighted by Crippen LogP contribution is 2.19. The molecule has 104 valence electrons. The van der Waals surface area contributed by atoms with Crippen LogP contribution >= 0.6 is 15.9 Å². The van der Waals surface area contributed by atoms with Crippen molar-refractivity contribution in [3.05, 3.63) is 58.6 Å². The maximum atomic E-state index is 11.8. The molecule has 0 unspecified atom stereocenters. The van der Waals surface area contributed by atoms with Gasteiger partial charge in [-0.05, 0) is 42.8 Å². The normalized spacial score (nSPS) is 10.1. The Morgan fingerprint density at radius 1 is 1.10 bits per heavy atom. The summed E-state index contributed by atoms with van der Waals surface area (Å²) in [6, 6.07) is 15.5. The van der Waals surface area contributed by atoms with Gasteiger partial charge in [0.25, 0.3) is 0 Å². The zero-order valence-corrected chi connectivity index (χ0v) is 12.9. The minimum absolute atomic E-state index is 0.0116. The van der Waals surface area contributed by atoms with Gasteiger partial charge in [-0.2, -0.15) is 0 Å². The van der Waals surface area contributed by atoms with E-state index in [2.05, 4.69) is 32.6 Å². The number of amides is 1. The molecule has 1 amide bonds. The van der Waals surface area contributed by atoms with Crippen LogP contribution in [0.25, 0.3) is 0 Å². The van der Waals surface area contributed by atoms with Crippen LogP contribution in [0, 0.1) is 6.92 Å². The van der Waals surface area contributed by atoms with Gasteiger partial charge in [0.15, 0.2) is 0 Å². The standard InChI is InChI=1S/C16H17BrN2O/c1-12-11-14(7-8-15(12)17)18-10-9-16(20)19-13-5-3-2-4-6-13/h2-8,11,18H,9-10H2,1H3,(H,19,20). The van der Waals surface area contributed by atoms with Crippen molar-refractivity contribution in [2.24, 2.45) is 0 Å². The van der Waals surface area contributed by atoms with Gasteiger partial charge in [0, 0.05) is 28.8 Å². The lowest BCUT2D eigenvalue weighted by molar-refractivity contribution is -0.115. The average Bonchev–Trinajstić information content (AvgIpc) is 2.44. The molecule has 0 fully saturated rings. The molecule has 3 nitrogen and oxygen atoms in total. The summed E-state index contributed by atoms with van der Waals surface area (Å²) < 4.78 is 1.09. The fourth-order valence-corrected chi connectivity index (χ4v) is 2.07. The fourth-order valence-electron chi connectivity index (χ4n) is 1.82. The van der Waals surface area contributed by atoms with Crippen molar-refractivity contribution < 1.29 is 4.79 Å². The molecule has 0 bridgehead atoms. The van der Waals surface area contributed by atoms with E-state index >= 15 is 0 Å². The Balaban J connectivity index is 1.78. The third-order valence-corrected chi connectivity index (χ3v) is 3.79. The Morgan fingerprint density at radius 3 is 2.55 bits per heavy atom. The van der Waals surface area contributed by atoms with Crippen LogP contribution in [-0.2, 0) is 4.79 Å². The van der Waals surface area contributed by atoms with Crippen molar-refractivity contribution in [3.63, 3.8) is 0 Å². The Kier molecular flexibility index (Phi) is 5.18. The van der Waals surface area contributed by atoms with Crippen molar-refractivity contribution in [1.29, 1.82) is 0 Å². The predicted octanol–water partition coefficient (Wildman–Crippen LogP) is 4.20. The average molecular weight is 333 g/mol. The number of hydrogen-bond donors (Lipinski definition) is 2. The lowest BCUT2D eigenvalue weighted by Crippen LogP contribution is -2.16. The summed E-state index contributed by atoms with van der Waals surface area (Å²) >= 11 is 3.47. The maximum Gasteiger partial charge on any atom is 0.226 e. The first-order valence-electron chi connectivity index (χ1n) is 6.50. The van der Waals surface area contributed by atoms with E-state index in [1.165, 1.54) is 5.56 Å². The highest BCUT2D eigenvalue weighted by molar-refractivity contribution is 9.10. The van der Waals surface area contributed by atoms with Crippen molar-refractivity contribution in [2.75, 3.05) is 17.2 Å². The molecule has 0 spiro atoms. The molecule has 0 aliphatic carbocycles. The highest BCUT2D eigenvalue weighted by atomic mass is 79.9. The van der Waals surface area contributed by atoms with Crippen molar-refractivity contribution >= 4 is 33.2 Å². The number of hydrogen-bond acceptors (Lipinski definition) is 2. The number of anilines is 2. The van der Waals surface area contributed by atoms with Gasteiger partial charge in [0.05, 0.1) is 0 Å². The minimum atomic E-state index is 0.0116. The number of aryl methyl sites for hydroxylation is 1. The van der Waals surface area contributed by atoms with Gasteiger partial charge in [0.1, 0.15) is 0 Å². The largest absolute Gasteiger partial charge is 0.385 e. The molecule has 2 rings (SSSR count). The number of rotatable bonds is 5. The van der Waals surface area contributed by atoms with Crippen LogP contribution < -0.4 is 10.6 Å². The first kappa shape index (κ1) is 14.6. The van der Waals surface area contributed by atoms with Crippen LogP contribution in [0.4, 0.5) is 11.4 Å². The topological polar surface area (TPSA) is 41.1 Å². The molecule has 0 aromatic heterocycles. The summed E-state index contributed by atoms with van der Waals surface area (Å²) in [5.74, 6) is 0.0116. The Hall–Kier alpha value is -1.81. The number of carbonyl (C=O) groups excluding carboxylic acids is 1. The first-order chi connectivity index (χ1) is 9.65. The zero-order valence-electron chi connectivity index (χ0n) is 11.3. The summed E-state index contributed by atoms with van der Waals surface area (Å²) in [4.78, 5) is 11.8. The zero-order chi connectivity index (χ0) is 14.4. The van der Waals surface area contributed by atoms with Crippen molar-refractivity contribution in [2.45, 2.75) is 13.3 Å². The second-order valence-electron chi connectivity index (χ2n) is 4.55. The second-order valence-corrected chi connectivity index (χ2v) is 5.41. The molecule has 0 heterocycles. The van der Waals surface area contributed by atoms with E-state index in [1.54, 1.807) is 0 Å². The van der Waals surface area contributed by atoms with Crippen LogP contribution in [0.2, 0.25) is 0 Å². The summed E-state index contributed by atoms with van der Waals surface area (Å²) in [5, 5.41) is 6.11. The van der Waals surface area contributed by atoms with Gasteiger partial charge in [-0.15, -0.1) is 0 Å². The van der Waals surface area contributed by atoms with E-state index in [0.29, 0.717) is 13.0 Å². The number of benzene rings is 2. The van der Waals surface area contributed by atoms with Gasteiger partial charge in [-0.1, -0.05) is 34.1 Å². The predicted molar refractivity (Wildman–Crippen MR) is 87.1 cm³/mol. The number of nitrogens with one attached hydrogen (secondary N) is 2. The van der Waals surface area contributed by atoms with E-state index in [1.807, 2.05) is 49.4 Å². The van der Waals surface area contributed by atoms with Crippen LogP contribution in [0.5, 0.6) is 0 Å². The van der Waals surface area contributed by atoms with Gasteiger partial charge >= 0.3 is 0 Å². The molecule has 20 heavy (non-hydrogen) atoms. The molecule has 2 N–H and O–H groups in total. The van der Waals surface area contributed by atoms with Crippen LogP contribution in [-0.4, -0.2) is 12.5 Å². The SMILES string of the molecule is Cc1cc(NCCC(=O)Nc2ccccc2)ccc1Br. The van der Waals surface area contributed by atoms with Gasteiger partial charge in [-0.3, -0.25) is 4.79 Å².